The van der Waals surface area contributed by atoms with Gasteiger partial charge in [0.25, 0.3) is 0 Å². The predicted octanol–water partition coefficient (Wildman–Crippen LogP) is 3.39. The number of nitrogens with zero attached hydrogens (tertiary/aromatic N) is 3. The van der Waals surface area contributed by atoms with Gasteiger partial charge in [-0.15, -0.1) is 11.8 Å². The lowest BCUT2D eigenvalue weighted by molar-refractivity contribution is 0.195. The van der Waals surface area contributed by atoms with Crippen LogP contribution in [0.2, 0.25) is 0 Å². The number of benzene rings is 1. The van der Waals surface area contributed by atoms with Crippen LogP contribution < -0.4 is 0 Å². The number of halogens is 1. The number of aliphatic hydroxyl groups excluding tert-OH is 1. The maximum absolute atomic E-state index is 10.2. The number of rotatable bonds is 7. The molecule has 0 fully saturated rings. The summed E-state index contributed by atoms with van der Waals surface area (Å²) in [4.78, 5) is 5.39. The largest absolute Gasteiger partial charge is 0.392 e. The zero-order valence-corrected chi connectivity index (χ0v) is 14.6. The molecule has 0 amide bonds. The molecule has 114 valence electrons. The van der Waals surface area contributed by atoms with Gasteiger partial charge in [0.05, 0.1) is 6.10 Å². The van der Waals surface area contributed by atoms with Crippen molar-refractivity contribution in [3.05, 3.63) is 40.9 Å². The third-order valence-electron chi connectivity index (χ3n) is 2.92. The van der Waals surface area contributed by atoms with Crippen molar-refractivity contribution in [2.75, 3.05) is 5.75 Å². The van der Waals surface area contributed by atoms with E-state index in [-0.39, 0.29) is 0 Å². The maximum atomic E-state index is 10.2. The SMILES string of the molecule is CC(C)Cn1ncnc1CC(O)CSc1ccccc1Br. The van der Waals surface area contributed by atoms with Crippen molar-refractivity contribution in [3.63, 3.8) is 0 Å². The molecule has 1 aromatic heterocycles. The van der Waals surface area contributed by atoms with Crippen LogP contribution in [0.4, 0.5) is 0 Å². The first-order valence-electron chi connectivity index (χ1n) is 6.98. The summed E-state index contributed by atoms with van der Waals surface area (Å²) in [6, 6.07) is 8.04. The molecule has 21 heavy (non-hydrogen) atoms. The van der Waals surface area contributed by atoms with Gasteiger partial charge in [-0.2, -0.15) is 5.10 Å². The minimum atomic E-state index is -0.433. The van der Waals surface area contributed by atoms with E-state index < -0.39 is 6.10 Å². The Hall–Kier alpha value is -0.850. The Bertz CT molecular complexity index is 574. The smallest absolute Gasteiger partial charge is 0.138 e. The minimum absolute atomic E-state index is 0.433. The molecule has 1 heterocycles. The monoisotopic (exact) mass is 369 g/mol. The van der Waals surface area contributed by atoms with Crippen LogP contribution in [-0.4, -0.2) is 31.7 Å². The molecule has 1 aromatic carbocycles. The second kappa shape index (κ2) is 7.96. The van der Waals surface area contributed by atoms with Crippen molar-refractivity contribution >= 4 is 27.7 Å². The van der Waals surface area contributed by atoms with E-state index in [1.165, 1.54) is 0 Å². The van der Waals surface area contributed by atoms with Crippen LogP contribution in [-0.2, 0) is 13.0 Å². The Morgan fingerprint density at radius 1 is 1.33 bits per heavy atom. The topological polar surface area (TPSA) is 50.9 Å². The summed E-state index contributed by atoms with van der Waals surface area (Å²) in [6.45, 7) is 5.12. The molecule has 0 radical (unpaired) electrons. The zero-order valence-electron chi connectivity index (χ0n) is 12.2. The van der Waals surface area contributed by atoms with E-state index >= 15 is 0 Å². The van der Waals surface area contributed by atoms with E-state index in [1.807, 2.05) is 28.9 Å². The number of thioether (sulfide) groups is 1. The van der Waals surface area contributed by atoms with Gasteiger partial charge in [0, 0.05) is 28.1 Å². The van der Waals surface area contributed by atoms with Gasteiger partial charge in [-0.25, -0.2) is 9.67 Å². The summed E-state index contributed by atoms with van der Waals surface area (Å²) in [5, 5.41) is 14.4. The van der Waals surface area contributed by atoms with E-state index in [0.717, 1.165) is 21.7 Å². The van der Waals surface area contributed by atoms with Crippen molar-refractivity contribution in [2.24, 2.45) is 5.92 Å². The highest BCUT2D eigenvalue weighted by Crippen LogP contribution is 2.27. The van der Waals surface area contributed by atoms with E-state index in [9.17, 15) is 5.11 Å². The normalized spacial score (nSPS) is 12.8. The van der Waals surface area contributed by atoms with Gasteiger partial charge in [0.2, 0.25) is 0 Å². The van der Waals surface area contributed by atoms with Gasteiger partial charge in [-0.3, -0.25) is 0 Å². The lowest BCUT2D eigenvalue weighted by Crippen LogP contribution is -2.19. The van der Waals surface area contributed by atoms with Gasteiger partial charge in [-0.1, -0.05) is 26.0 Å². The Kier molecular flexibility index (Phi) is 6.26. The molecule has 0 aliphatic rings. The summed E-state index contributed by atoms with van der Waals surface area (Å²) in [6.07, 6.45) is 1.66. The van der Waals surface area contributed by atoms with E-state index in [0.29, 0.717) is 18.1 Å². The van der Waals surface area contributed by atoms with Crippen LogP contribution in [0, 0.1) is 5.92 Å². The minimum Gasteiger partial charge on any atom is -0.392 e. The van der Waals surface area contributed by atoms with Gasteiger partial charge in [-0.05, 0) is 34.0 Å². The summed E-state index contributed by atoms with van der Waals surface area (Å²) in [7, 11) is 0. The molecule has 4 nitrogen and oxygen atoms in total. The Morgan fingerprint density at radius 2 is 2.10 bits per heavy atom. The van der Waals surface area contributed by atoms with E-state index in [4.69, 9.17) is 0 Å². The van der Waals surface area contributed by atoms with Crippen molar-refractivity contribution in [1.82, 2.24) is 14.8 Å². The fourth-order valence-corrected chi connectivity index (χ4v) is 3.46. The van der Waals surface area contributed by atoms with E-state index in [2.05, 4.69) is 39.9 Å². The standard InChI is InChI=1S/C15H20BrN3OS/c1-11(2)8-19-15(17-10-18-19)7-12(20)9-21-14-6-4-3-5-13(14)16/h3-6,10-12,20H,7-9H2,1-2H3. The van der Waals surface area contributed by atoms with Crippen molar-refractivity contribution in [2.45, 2.75) is 37.8 Å². The summed E-state index contributed by atoms with van der Waals surface area (Å²) < 4.78 is 2.95. The lowest BCUT2D eigenvalue weighted by atomic mass is 10.2. The van der Waals surface area contributed by atoms with Gasteiger partial charge in [0.15, 0.2) is 0 Å². The van der Waals surface area contributed by atoms with Crippen LogP contribution in [0.1, 0.15) is 19.7 Å². The fraction of sp³-hybridized carbons (Fsp3) is 0.467. The quantitative estimate of drug-likeness (QED) is 0.759. The highest BCUT2D eigenvalue weighted by atomic mass is 79.9. The molecule has 1 unspecified atom stereocenters. The maximum Gasteiger partial charge on any atom is 0.138 e. The van der Waals surface area contributed by atoms with Crippen LogP contribution in [0.5, 0.6) is 0 Å². The van der Waals surface area contributed by atoms with Crippen molar-refractivity contribution in [3.8, 4) is 0 Å². The van der Waals surface area contributed by atoms with Gasteiger partial charge in [0.1, 0.15) is 12.2 Å². The first-order chi connectivity index (χ1) is 10.1. The van der Waals surface area contributed by atoms with Crippen LogP contribution >= 0.6 is 27.7 Å². The molecule has 0 saturated carbocycles. The van der Waals surface area contributed by atoms with Gasteiger partial charge >= 0.3 is 0 Å². The summed E-state index contributed by atoms with van der Waals surface area (Å²) in [5.41, 5.74) is 0. The van der Waals surface area contributed by atoms with E-state index in [1.54, 1.807) is 18.1 Å². The van der Waals surface area contributed by atoms with Crippen LogP contribution in [0.3, 0.4) is 0 Å². The summed E-state index contributed by atoms with van der Waals surface area (Å²) in [5.74, 6) is 2.00. The third-order valence-corrected chi connectivity index (χ3v) is 5.09. The molecule has 0 saturated heterocycles. The molecule has 0 spiro atoms. The molecule has 0 aliphatic carbocycles. The zero-order chi connectivity index (χ0) is 15.2. The first-order valence-corrected chi connectivity index (χ1v) is 8.76. The Balaban J connectivity index is 1.89. The highest BCUT2D eigenvalue weighted by molar-refractivity contribution is 9.10. The highest BCUT2D eigenvalue weighted by Gasteiger charge is 2.13. The molecule has 2 rings (SSSR count). The van der Waals surface area contributed by atoms with Crippen LogP contribution in [0.15, 0.2) is 40.0 Å². The number of aromatic nitrogens is 3. The lowest BCUT2D eigenvalue weighted by Gasteiger charge is -2.12. The third kappa shape index (κ3) is 5.13. The molecular weight excluding hydrogens is 350 g/mol. The number of hydrogen-bond donors (Lipinski definition) is 1. The second-order valence-electron chi connectivity index (χ2n) is 5.35. The molecule has 1 N–H and O–H groups in total. The molecule has 2 aromatic rings. The average molecular weight is 370 g/mol. The molecule has 0 bridgehead atoms. The molecular formula is C15H20BrN3OS. The first kappa shape index (κ1) is 16.5. The molecule has 0 aliphatic heterocycles. The fourth-order valence-electron chi connectivity index (χ4n) is 1.96. The molecule has 6 heteroatoms. The Morgan fingerprint density at radius 3 is 2.81 bits per heavy atom. The van der Waals surface area contributed by atoms with Crippen molar-refractivity contribution < 1.29 is 5.11 Å². The number of hydrogen-bond acceptors (Lipinski definition) is 4. The molecule has 1 atom stereocenters. The van der Waals surface area contributed by atoms with Gasteiger partial charge < -0.3 is 5.11 Å². The number of aliphatic hydroxyl groups is 1. The predicted molar refractivity (Wildman–Crippen MR) is 89.4 cm³/mol. The van der Waals surface area contributed by atoms with Crippen molar-refractivity contribution in [1.29, 1.82) is 0 Å². The van der Waals surface area contributed by atoms with Crippen LogP contribution in [0.25, 0.3) is 0 Å². The second-order valence-corrected chi connectivity index (χ2v) is 7.27. The Labute approximate surface area is 138 Å². The average Bonchev–Trinajstić information content (AvgIpc) is 2.84. The summed E-state index contributed by atoms with van der Waals surface area (Å²) >= 11 is 5.16.